The highest BCUT2D eigenvalue weighted by atomic mass is 35.5. The van der Waals surface area contributed by atoms with Crippen molar-refractivity contribution in [1.29, 1.82) is 0 Å². The van der Waals surface area contributed by atoms with Crippen LogP contribution in [-0.2, 0) is 4.79 Å². The number of aryl methyl sites for hydroxylation is 2. The van der Waals surface area contributed by atoms with Gasteiger partial charge in [0.25, 0.3) is 5.91 Å². The summed E-state index contributed by atoms with van der Waals surface area (Å²) >= 11 is 8.37. The number of nitrogens with zero attached hydrogens (tertiary/aromatic N) is 2. The summed E-state index contributed by atoms with van der Waals surface area (Å²) in [5, 5.41) is 14.4. The molecule has 0 fully saturated rings. The Morgan fingerprint density at radius 1 is 1.11 bits per heavy atom. The van der Waals surface area contributed by atoms with Crippen molar-refractivity contribution >= 4 is 57.3 Å². The molecule has 0 aliphatic heterocycles. The largest absolute Gasteiger partial charge is 0.325 e. The van der Waals surface area contributed by atoms with Gasteiger partial charge in [0.15, 0.2) is 4.34 Å². The Bertz CT molecular complexity index is 1020. The molecule has 144 valence electrons. The Morgan fingerprint density at radius 2 is 1.93 bits per heavy atom. The second-order valence-corrected chi connectivity index (χ2v) is 8.63. The van der Waals surface area contributed by atoms with Crippen LogP contribution in [0.4, 0.5) is 10.8 Å². The molecule has 0 saturated heterocycles. The highest BCUT2D eigenvalue weighted by molar-refractivity contribution is 8.01. The highest BCUT2D eigenvalue weighted by Crippen LogP contribution is 2.26. The van der Waals surface area contributed by atoms with Gasteiger partial charge < -0.3 is 5.32 Å². The molecule has 3 rings (SSSR count). The quantitative estimate of drug-likeness (QED) is 0.432. The number of aromatic nitrogens is 2. The SMILES string of the molecule is Cc1ccc(NC(=O)CSc2nnc(NC(=O)c3cccc(Cl)c3)s2)c(C)c1. The minimum atomic E-state index is -0.317. The Labute approximate surface area is 175 Å². The number of carbonyl (C=O) groups is 2. The molecule has 0 radical (unpaired) electrons. The molecule has 0 unspecified atom stereocenters. The molecule has 2 amide bonds. The normalized spacial score (nSPS) is 10.5. The lowest BCUT2D eigenvalue weighted by Gasteiger charge is -2.08. The first kappa shape index (κ1) is 20.3. The predicted molar refractivity (Wildman–Crippen MR) is 115 cm³/mol. The molecule has 0 atom stereocenters. The first-order valence-corrected chi connectivity index (χ1v) is 10.5. The molecule has 1 heterocycles. The molecule has 2 aromatic carbocycles. The third kappa shape index (κ3) is 5.54. The van der Waals surface area contributed by atoms with Crippen molar-refractivity contribution in [3.05, 3.63) is 64.2 Å². The fourth-order valence-electron chi connectivity index (χ4n) is 2.39. The van der Waals surface area contributed by atoms with E-state index in [-0.39, 0.29) is 17.6 Å². The van der Waals surface area contributed by atoms with Crippen molar-refractivity contribution < 1.29 is 9.59 Å². The van der Waals surface area contributed by atoms with Crippen molar-refractivity contribution in [3.63, 3.8) is 0 Å². The van der Waals surface area contributed by atoms with Crippen LogP contribution in [-0.4, -0.2) is 27.8 Å². The molecule has 28 heavy (non-hydrogen) atoms. The van der Waals surface area contributed by atoms with Gasteiger partial charge in [-0.15, -0.1) is 10.2 Å². The highest BCUT2D eigenvalue weighted by Gasteiger charge is 2.12. The van der Waals surface area contributed by atoms with E-state index in [9.17, 15) is 9.59 Å². The molecular weight excluding hydrogens is 416 g/mol. The number of carbonyl (C=O) groups excluding carboxylic acids is 2. The molecule has 3 aromatic rings. The first-order valence-electron chi connectivity index (χ1n) is 8.31. The number of benzene rings is 2. The number of hydrogen-bond donors (Lipinski definition) is 2. The molecular formula is C19H17ClN4O2S2. The van der Waals surface area contributed by atoms with Gasteiger partial charge in [0.2, 0.25) is 11.0 Å². The maximum absolute atomic E-state index is 12.2. The van der Waals surface area contributed by atoms with E-state index in [1.54, 1.807) is 24.3 Å². The second-order valence-electron chi connectivity index (χ2n) is 5.99. The van der Waals surface area contributed by atoms with E-state index in [2.05, 4.69) is 20.8 Å². The minimum absolute atomic E-state index is 0.128. The minimum Gasteiger partial charge on any atom is -0.325 e. The molecule has 0 aliphatic rings. The lowest BCUT2D eigenvalue weighted by molar-refractivity contribution is -0.113. The summed E-state index contributed by atoms with van der Waals surface area (Å²) in [6, 6.07) is 12.5. The fourth-order valence-corrected chi connectivity index (χ4v) is 4.12. The number of halogens is 1. The van der Waals surface area contributed by atoms with Gasteiger partial charge in [0.05, 0.1) is 5.75 Å². The van der Waals surface area contributed by atoms with Gasteiger partial charge in [0.1, 0.15) is 0 Å². The third-order valence-corrected chi connectivity index (χ3v) is 5.90. The van der Waals surface area contributed by atoms with E-state index in [4.69, 9.17) is 11.6 Å². The average molecular weight is 433 g/mol. The summed E-state index contributed by atoms with van der Waals surface area (Å²) in [6.45, 7) is 3.96. The number of thioether (sulfide) groups is 1. The molecule has 0 aliphatic carbocycles. The number of anilines is 2. The van der Waals surface area contributed by atoms with E-state index >= 15 is 0 Å². The van der Waals surface area contributed by atoms with Gasteiger partial charge in [-0.25, -0.2) is 0 Å². The van der Waals surface area contributed by atoms with Gasteiger partial charge in [-0.2, -0.15) is 0 Å². The van der Waals surface area contributed by atoms with Crippen LogP contribution in [0.15, 0.2) is 46.8 Å². The number of nitrogens with one attached hydrogen (secondary N) is 2. The molecule has 0 saturated carbocycles. The summed E-state index contributed by atoms with van der Waals surface area (Å²) in [4.78, 5) is 24.4. The first-order chi connectivity index (χ1) is 13.4. The van der Waals surface area contributed by atoms with E-state index < -0.39 is 0 Å². The van der Waals surface area contributed by atoms with Gasteiger partial charge >= 0.3 is 0 Å². The molecule has 9 heteroatoms. The van der Waals surface area contributed by atoms with E-state index in [1.165, 1.54) is 23.1 Å². The predicted octanol–water partition coefficient (Wildman–Crippen LogP) is 4.79. The van der Waals surface area contributed by atoms with Crippen molar-refractivity contribution in [2.75, 3.05) is 16.4 Å². The third-order valence-electron chi connectivity index (χ3n) is 3.70. The van der Waals surface area contributed by atoms with E-state index in [0.29, 0.717) is 20.1 Å². The zero-order valence-corrected chi connectivity index (χ0v) is 17.5. The summed E-state index contributed by atoms with van der Waals surface area (Å²) < 4.78 is 0.595. The maximum atomic E-state index is 12.2. The lowest BCUT2D eigenvalue weighted by Crippen LogP contribution is -2.14. The van der Waals surface area contributed by atoms with Crippen molar-refractivity contribution in [3.8, 4) is 0 Å². The number of amides is 2. The van der Waals surface area contributed by atoms with Crippen molar-refractivity contribution in [1.82, 2.24) is 10.2 Å². The monoisotopic (exact) mass is 432 g/mol. The fraction of sp³-hybridized carbons (Fsp3) is 0.158. The van der Waals surface area contributed by atoms with Crippen molar-refractivity contribution in [2.45, 2.75) is 18.2 Å². The topological polar surface area (TPSA) is 84.0 Å². The van der Waals surface area contributed by atoms with Crippen molar-refractivity contribution in [2.24, 2.45) is 0 Å². The zero-order chi connectivity index (χ0) is 20.1. The van der Waals surface area contributed by atoms with Gasteiger partial charge in [-0.05, 0) is 43.7 Å². The van der Waals surface area contributed by atoms with Gasteiger partial charge in [-0.1, -0.05) is 58.5 Å². The Morgan fingerprint density at radius 3 is 2.68 bits per heavy atom. The molecule has 1 aromatic heterocycles. The molecule has 2 N–H and O–H groups in total. The average Bonchev–Trinajstić information content (AvgIpc) is 3.10. The number of hydrogen-bond acceptors (Lipinski definition) is 6. The van der Waals surface area contributed by atoms with Crippen LogP contribution in [0.25, 0.3) is 0 Å². The van der Waals surface area contributed by atoms with Gasteiger partial charge in [0, 0.05) is 16.3 Å². The zero-order valence-electron chi connectivity index (χ0n) is 15.2. The Balaban J connectivity index is 1.53. The number of rotatable bonds is 6. The molecule has 0 spiro atoms. The smallest absolute Gasteiger partial charge is 0.257 e. The van der Waals surface area contributed by atoms with Crippen LogP contribution in [0, 0.1) is 13.8 Å². The summed E-state index contributed by atoms with van der Waals surface area (Å²) in [7, 11) is 0. The van der Waals surface area contributed by atoms with E-state index in [1.807, 2.05) is 32.0 Å². The summed E-state index contributed by atoms with van der Waals surface area (Å²) in [5.41, 5.74) is 3.39. The van der Waals surface area contributed by atoms with Crippen LogP contribution >= 0.6 is 34.7 Å². The Kier molecular flexibility index (Phi) is 6.66. The standard InChI is InChI=1S/C19H17ClN4O2S2/c1-11-6-7-15(12(2)8-11)21-16(25)10-27-19-24-23-18(28-19)22-17(26)13-4-3-5-14(20)9-13/h3-9H,10H2,1-2H3,(H,21,25)(H,22,23,26). The van der Waals surface area contributed by atoms with Crippen LogP contribution < -0.4 is 10.6 Å². The molecule has 0 bridgehead atoms. The van der Waals surface area contributed by atoms with Crippen LogP contribution in [0.3, 0.4) is 0 Å². The van der Waals surface area contributed by atoms with Crippen LogP contribution in [0.2, 0.25) is 5.02 Å². The Hall–Kier alpha value is -2.42. The van der Waals surface area contributed by atoms with Crippen LogP contribution in [0.1, 0.15) is 21.5 Å². The molecule has 6 nitrogen and oxygen atoms in total. The maximum Gasteiger partial charge on any atom is 0.257 e. The summed E-state index contributed by atoms with van der Waals surface area (Å²) in [5.74, 6) is -0.246. The van der Waals surface area contributed by atoms with Gasteiger partial charge in [-0.3, -0.25) is 14.9 Å². The lowest BCUT2D eigenvalue weighted by atomic mass is 10.1. The summed E-state index contributed by atoms with van der Waals surface area (Å²) in [6.07, 6.45) is 0. The van der Waals surface area contributed by atoms with Crippen LogP contribution in [0.5, 0.6) is 0 Å². The second kappa shape index (κ2) is 9.18. The van der Waals surface area contributed by atoms with E-state index in [0.717, 1.165) is 16.8 Å².